The van der Waals surface area contributed by atoms with E-state index in [4.69, 9.17) is 18.9 Å². The zero-order chi connectivity index (χ0) is 13.1. The lowest BCUT2D eigenvalue weighted by Gasteiger charge is -2.21. The van der Waals surface area contributed by atoms with Crippen LogP contribution >= 0.6 is 0 Å². The molecule has 0 fully saturated rings. The average Bonchev–Trinajstić information content (AvgIpc) is 2.44. The Morgan fingerprint density at radius 3 is 2.44 bits per heavy atom. The van der Waals surface area contributed by atoms with Crippen LogP contribution in [0, 0.1) is 0 Å². The quantitative estimate of drug-likeness (QED) is 0.761. The predicted molar refractivity (Wildman–Crippen MR) is 65.6 cm³/mol. The molecule has 0 saturated carbocycles. The maximum absolute atomic E-state index is 10.8. The Bertz CT molecular complexity index is 505. The monoisotopic (exact) mass is 250 g/mol. The van der Waals surface area contributed by atoms with Gasteiger partial charge in [0.15, 0.2) is 11.5 Å². The van der Waals surface area contributed by atoms with Crippen molar-refractivity contribution in [2.24, 2.45) is 0 Å². The van der Waals surface area contributed by atoms with Crippen LogP contribution in [0.1, 0.15) is 5.56 Å². The Labute approximate surface area is 105 Å². The summed E-state index contributed by atoms with van der Waals surface area (Å²) in [7, 11) is 4.60. The van der Waals surface area contributed by atoms with E-state index in [9.17, 15) is 4.79 Å². The molecule has 18 heavy (non-hydrogen) atoms. The molecular weight excluding hydrogens is 236 g/mol. The maximum Gasteiger partial charge on any atom is 0.204 e. The number of benzene rings is 1. The summed E-state index contributed by atoms with van der Waals surface area (Å²) in [6, 6.07) is 1.72. The molecule has 5 nitrogen and oxygen atoms in total. The summed E-state index contributed by atoms with van der Waals surface area (Å²) in [4.78, 5) is 10.8. The van der Waals surface area contributed by atoms with Crippen LogP contribution in [-0.2, 0) is 4.79 Å². The van der Waals surface area contributed by atoms with Gasteiger partial charge in [0.2, 0.25) is 5.75 Å². The molecule has 0 N–H and O–H groups in total. The van der Waals surface area contributed by atoms with Crippen molar-refractivity contribution in [3.05, 3.63) is 17.2 Å². The first-order valence-corrected chi connectivity index (χ1v) is 5.36. The molecule has 0 aliphatic carbocycles. The van der Waals surface area contributed by atoms with Gasteiger partial charge in [0.05, 0.1) is 26.9 Å². The molecule has 1 heterocycles. The van der Waals surface area contributed by atoms with Crippen LogP contribution in [0.5, 0.6) is 23.0 Å². The van der Waals surface area contributed by atoms with Crippen LogP contribution in [0.15, 0.2) is 11.6 Å². The smallest absolute Gasteiger partial charge is 0.204 e. The highest BCUT2D eigenvalue weighted by atomic mass is 16.5. The van der Waals surface area contributed by atoms with Gasteiger partial charge >= 0.3 is 0 Å². The van der Waals surface area contributed by atoms with Crippen LogP contribution in [-0.4, -0.2) is 34.2 Å². The highest BCUT2D eigenvalue weighted by Crippen LogP contribution is 2.47. The van der Waals surface area contributed by atoms with Crippen LogP contribution < -0.4 is 18.9 Å². The van der Waals surface area contributed by atoms with Crippen molar-refractivity contribution < 1.29 is 23.7 Å². The Balaban J connectivity index is 2.67. The zero-order valence-electron chi connectivity index (χ0n) is 10.5. The zero-order valence-corrected chi connectivity index (χ0v) is 10.5. The first-order valence-electron chi connectivity index (χ1n) is 5.36. The van der Waals surface area contributed by atoms with E-state index >= 15 is 0 Å². The molecule has 0 atom stereocenters. The molecule has 0 unspecified atom stereocenters. The summed E-state index contributed by atoms with van der Waals surface area (Å²) in [6.45, 7) is 0.245. The van der Waals surface area contributed by atoms with Gasteiger partial charge in [-0.1, -0.05) is 0 Å². The van der Waals surface area contributed by atoms with Crippen molar-refractivity contribution in [1.82, 2.24) is 0 Å². The molecule has 0 aromatic heterocycles. The van der Waals surface area contributed by atoms with E-state index in [1.807, 2.05) is 0 Å². The number of ether oxygens (including phenoxy) is 4. The fourth-order valence-electron chi connectivity index (χ4n) is 1.87. The summed E-state index contributed by atoms with van der Waals surface area (Å²) in [5, 5.41) is 0. The molecule has 2 rings (SSSR count). The van der Waals surface area contributed by atoms with Crippen LogP contribution in [0.3, 0.4) is 0 Å². The molecule has 0 spiro atoms. The van der Waals surface area contributed by atoms with Gasteiger partial charge in [-0.2, -0.15) is 0 Å². The number of rotatable bonds is 4. The van der Waals surface area contributed by atoms with E-state index in [2.05, 4.69) is 0 Å². The molecule has 0 bridgehead atoms. The fourth-order valence-corrected chi connectivity index (χ4v) is 1.87. The number of fused-ring (bicyclic) bond motifs is 1. The Hall–Kier alpha value is -2.17. The Kier molecular flexibility index (Phi) is 3.41. The average molecular weight is 250 g/mol. The van der Waals surface area contributed by atoms with Gasteiger partial charge in [-0.3, -0.25) is 4.79 Å². The van der Waals surface area contributed by atoms with Crippen molar-refractivity contribution in [2.75, 3.05) is 27.9 Å². The summed E-state index contributed by atoms with van der Waals surface area (Å²) >= 11 is 0. The second-order valence-electron chi connectivity index (χ2n) is 3.68. The van der Waals surface area contributed by atoms with Gasteiger partial charge in [-0.05, 0) is 6.08 Å². The molecule has 5 heteroatoms. The van der Waals surface area contributed by atoms with Crippen LogP contribution in [0.25, 0.3) is 6.08 Å². The second kappa shape index (κ2) is 5.00. The molecule has 1 aromatic carbocycles. The number of carbonyl (C=O) groups excluding carboxylic acids is 1. The third kappa shape index (κ3) is 1.88. The second-order valence-corrected chi connectivity index (χ2v) is 3.68. The molecule has 0 saturated heterocycles. The predicted octanol–water partition coefficient (Wildman–Crippen LogP) is 1.69. The lowest BCUT2D eigenvalue weighted by Crippen LogP contribution is -2.10. The summed E-state index contributed by atoms with van der Waals surface area (Å²) in [6.07, 6.45) is 2.49. The van der Waals surface area contributed by atoms with Gasteiger partial charge in [-0.25, -0.2) is 0 Å². The van der Waals surface area contributed by atoms with E-state index in [-0.39, 0.29) is 6.61 Å². The van der Waals surface area contributed by atoms with Gasteiger partial charge in [0, 0.05) is 11.6 Å². The number of hydrogen-bond donors (Lipinski definition) is 0. The topological polar surface area (TPSA) is 54.0 Å². The van der Waals surface area contributed by atoms with E-state index in [1.54, 1.807) is 19.3 Å². The highest BCUT2D eigenvalue weighted by molar-refractivity contribution is 5.87. The van der Waals surface area contributed by atoms with Crippen molar-refractivity contribution >= 4 is 12.4 Å². The highest BCUT2D eigenvalue weighted by Gasteiger charge is 2.23. The van der Waals surface area contributed by atoms with Crippen molar-refractivity contribution in [2.45, 2.75) is 0 Å². The third-order valence-corrected chi connectivity index (χ3v) is 2.71. The van der Waals surface area contributed by atoms with Crippen LogP contribution in [0.4, 0.5) is 0 Å². The van der Waals surface area contributed by atoms with Crippen molar-refractivity contribution in [1.29, 1.82) is 0 Å². The normalized spacial score (nSPS) is 12.9. The minimum Gasteiger partial charge on any atom is -0.493 e. The van der Waals surface area contributed by atoms with E-state index in [0.717, 1.165) is 6.29 Å². The van der Waals surface area contributed by atoms with E-state index < -0.39 is 0 Å². The van der Waals surface area contributed by atoms with Crippen molar-refractivity contribution in [3.8, 4) is 23.0 Å². The van der Waals surface area contributed by atoms with Crippen LogP contribution in [0.2, 0.25) is 0 Å². The van der Waals surface area contributed by atoms with E-state index in [0.29, 0.717) is 34.1 Å². The van der Waals surface area contributed by atoms with Gasteiger partial charge in [-0.15, -0.1) is 0 Å². The standard InChI is InChI=1S/C13H14O5/c1-15-11-5-10-9(4-8(6-14)7-18-10)12(16-2)13(11)17-3/h4-6H,7H2,1-3H3. The fraction of sp³-hybridized carbons (Fsp3) is 0.308. The molecule has 1 aliphatic rings. The number of carbonyl (C=O) groups is 1. The number of hydrogen-bond acceptors (Lipinski definition) is 5. The number of aldehydes is 1. The first-order chi connectivity index (χ1) is 8.74. The van der Waals surface area contributed by atoms with Gasteiger partial charge < -0.3 is 18.9 Å². The minimum atomic E-state index is 0.245. The molecule has 1 aromatic rings. The molecule has 1 aliphatic heterocycles. The van der Waals surface area contributed by atoms with E-state index in [1.165, 1.54) is 14.2 Å². The molecule has 96 valence electrons. The number of methoxy groups -OCH3 is 3. The van der Waals surface area contributed by atoms with Gasteiger partial charge in [0.25, 0.3) is 0 Å². The largest absolute Gasteiger partial charge is 0.493 e. The summed E-state index contributed by atoms with van der Waals surface area (Å²) in [5.41, 5.74) is 1.23. The minimum absolute atomic E-state index is 0.245. The van der Waals surface area contributed by atoms with Crippen molar-refractivity contribution in [3.63, 3.8) is 0 Å². The third-order valence-electron chi connectivity index (χ3n) is 2.71. The summed E-state index contributed by atoms with van der Waals surface area (Å²) in [5.74, 6) is 2.10. The van der Waals surface area contributed by atoms with Gasteiger partial charge in [0.1, 0.15) is 18.6 Å². The Morgan fingerprint density at radius 1 is 1.17 bits per heavy atom. The first kappa shape index (κ1) is 12.3. The lowest BCUT2D eigenvalue weighted by molar-refractivity contribution is -0.105. The SMILES string of the molecule is COc1cc2c(c(OC)c1OC)C=C(C=O)CO2. The summed E-state index contributed by atoms with van der Waals surface area (Å²) < 4.78 is 21.3. The molecule has 0 amide bonds. The molecular formula is C13H14O5. The lowest BCUT2D eigenvalue weighted by atomic mass is 10.1. The molecule has 0 radical (unpaired) electrons. The maximum atomic E-state index is 10.8. The Morgan fingerprint density at radius 2 is 1.89 bits per heavy atom.